The van der Waals surface area contributed by atoms with Gasteiger partial charge in [-0.05, 0) is 29.8 Å². The van der Waals surface area contributed by atoms with Crippen molar-refractivity contribution in [2.75, 3.05) is 63.8 Å². The highest BCUT2D eigenvalue weighted by Gasteiger charge is 2.28. The molecule has 2 aliphatic heterocycles. The van der Waals surface area contributed by atoms with E-state index >= 15 is 0 Å². The number of hydrogen-bond acceptors (Lipinski definition) is 6. The van der Waals surface area contributed by atoms with Gasteiger partial charge in [0.05, 0.1) is 18.3 Å². The number of nitriles is 1. The molecule has 2 fully saturated rings. The molecule has 1 atom stereocenters. The van der Waals surface area contributed by atoms with E-state index in [1.54, 1.807) is 18.2 Å². The molecule has 7 nitrogen and oxygen atoms in total. The number of amides is 1. The average Bonchev–Trinajstić information content (AvgIpc) is 2.82. The normalized spacial score (nSPS) is 18.9. The van der Waals surface area contributed by atoms with E-state index in [1.807, 2.05) is 28.0 Å². The summed E-state index contributed by atoms with van der Waals surface area (Å²) >= 11 is 0. The summed E-state index contributed by atoms with van der Waals surface area (Å²) in [5.74, 6) is 0.0735. The van der Waals surface area contributed by atoms with Gasteiger partial charge in [0.25, 0.3) is 0 Å². The lowest BCUT2D eigenvalue weighted by atomic mass is 10.1. The fourth-order valence-electron chi connectivity index (χ4n) is 4.41. The van der Waals surface area contributed by atoms with Crippen LogP contribution in [0, 0.1) is 17.1 Å². The molecule has 2 heterocycles. The van der Waals surface area contributed by atoms with E-state index in [-0.39, 0.29) is 17.5 Å². The van der Waals surface area contributed by atoms with Gasteiger partial charge in [0.1, 0.15) is 17.6 Å². The number of halogens is 1. The van der Waals surface area contributed by atoms with Gasteiger partial charge in [-0.3, -0.25) is 14.6 Å². The van der Waals surface area contributed by atoms with E-state index in [4.69, 9.17) is 0 Å². The zero-order valence-corrected chi connectivity index (χ0v) is 18.0. The second-order valence-electron chi connectivity index (χ2n) is 8.25. The second-order valence-corrected chi connectivity index (χ2v) is 8.25. The fourth-order valence-corrected chi connectivity index (χ4v) is 4.41. The summed E-state index contributed by atoms with van der Waals surface area (Å²) < 4.78 is 13.2. The van der Waals surface area contributed by atoms with E-state index in [1.165, 1.54) is 12.1 Å². The molecule has 0 unspecified atom stereocenters. The standard InChI is InChI=1S/C24H28FN5O2/c25-20-7-5-19(6-8-20)22(17-26)29-13-15-30(16-14-29)24(32)18-27-9-11-28(12-10-27)21-3-1-2-4-23(21)31/h1-8,22,31H,9-16,18H2/t22-/m0/s1. The van der Waals surface area contributed by atoms with Crippen LogP contribution in [0.4, 0.5) is 10.1 Å². The molecular formula is C24H28FN5O2. The third kappa shape index (κ3) is 5.01. The van der Waals surface area contributed by atoms with Crippen molar-refractivity contribution in [1.29, 1.82) is 5.26 Å². The fraction of sp³-hybridized carbons (Fsp3) is 0.417. The van der Waals surface area contributed by atoms with Crippen LogP contribution in [0.2, 0.25) is 0 Å². The first-order valence-electron chi connectivity index (χ1n) is 11.0. The Bertz CT molecular complexity index is 961. The number of para-hydroxylation sites is 2. The summed E-state index contributed by atoms with van der Waals surface area (Å²) in [6, 6.07) is 15.2. The molecule has 0 aromatic heterocycles. The molecule has 0 spiro atoms. The Morgan fingerprint density at radius 1 is 0.969 bits per heavy atom. The highest BCUT2D eigenvalue weighted by atomic mass is 19.1. The second kappa shape index (κ2) is 9.98. The summed E-state index contributed by atoms with van der Waals surface area (Å²) in [5.41, 5.74) is 1.61. The molecule has 1 N–H and O–H groups in total. The molecule has 2 aromatic carbocycles. The average molecular weight is 438 g/mol. The smallest absolute Gasteiger partial charge is 0.236 e. The number of rotatable bonds is 5. The molecule has 0 saturated carbocycles. The Kier molecular flexibility index (Phi) is 6.88. The number of carbonyl (C=O) groups is 1. The lowest BCUT2D eigenvalue weighted by Crippen LogP contribution is -2.54. The number of anilines is 1. The maximum absolute atomic E-state index is 13.2. The van der Waals surface area contributed by atoms with Gasteiger partial charge in [-0.15, -0.1) is 0 Å². The van der Waals surface area contributed by atoms with Crippen LogP contribution in [0.1, 0.15) is 11.6 Å². The summed E-state index contributed by atoms with van der Waals surface area (Å²) in [6.07, 6.45) is 0. The number of phenols is 1. The van der Waals surface area contributed by atoms with Crippen molar-refractivity contribution in [2.45, 2.75) is 6.04 Å². The predicted molar refractivity (Wildman–Crippen MR) is 120 cm³/mol. The van der Waals surface area contributed by atoms with Gasteiger partial charge in [0, 0.05) is 52.4 Å². The van der Waals surface area contributed by atoms with Crippen molar-refractivity contribution < 1.29 is 14.3 Å². The van der Waals surface area contributed by atoms with Crippen molar-refractivity contribution in [3.05, 3.63) is 59.9 Å². The first-order chi connectivity index (χ1) is 15.5. The van der Waals surface area contributed by atoms with Crippen LogP contribution < -0.4 is 4.90 Å². The van der Waals surface area contributed by atoms with E-state index < -0.39 is 6.04 Å². The van der Waals surface area contributed by atoms with Crippen molar-refractivity contribution in [1.82, 2.24) is 14.7 Å². The maximum atomic E-state index is 13.2. The van der Waals surface area contributed by atoms with Crippen LogP contribution in [0.5, 0.6) is 5.75 Å². The molecule has 0 bridgehead atoms. The Hall–Kier alpha value is -3.15. The van der Waals surface area contributed by atoms with E-state index in [2.05, 4.69) is 15.9 Å². The number of nitrogens with zero attached hydrogens (tertiary/aromatic N) is 5. The summed E-state index contributed by atoms with van der Waals surface area (Å²) in [5, 5.41) is 19.7. The quantitative estimate of drug-likeness (QED) is 0.772. The molecular weight excluding hydrogens is 409 g/mol. The first-order valence-corrected chi connectivity index (χ1v) is 11.0. The van der Waals surface area contributed by atoms with Gasteiger partial charge in [-0.2, -0.15) is 5.26 Å². The van der Waals surface area contributed by atoms with Crippen LogP contribution in [-0.2, 0) is 4.79 Å². The van der Waals surface area contributed by atoms with Gasteiger partial charge >= 0.3 is 0 Å². The largest absolute Gasteiger partial charge is 0.506 e. The lowest BCUT2D eigenvalue weighted by Gasteiger charge is -2.39. The Labute approximate surface area is 187 Å². The Morgan fingerprint density at radius 2 is 1.62 bits per heavy atom. The van der Waals surface area contributed by atoms with Crippen LogP contribution >= 0.6 is 0 Å². The zero-order chi connectivity index (χ0) is 22.5. The zero-order valence-electron chi connectivity index (χ0n) is 18.0. The number of aromatic hydroxyl groups is 1. The van der Waals surface area contributed by atoms with Gasteiger partial charge in [-0.25, -0.2) is 4.39 Å². The monoisotopic (exact) mass is 437 g/mol. The van der Waals surface area contributed by atoms with E-state index in [0.29, 0.717) is 32.7 Å². The number of hydrogen-bond donors (Lipinski definition) is 1. The van der Waals surface area contributed by atoms with E-state index in [0.717, 1.165) is 37.4 Å². The van der Waals surface area contributed by atoms with Crippen LogP contribution in [0.25, 0.3) is 0 Å². The molecule has 8 heteroatoms. The van der Waals surface area contributed by atoms with Crippen molar-refractivity contribution in [2.24, 2.45) is 0 Å². The highest BCUT2D eigenvalue weighted by Crippen LogP contribution is 2.27. The summed E-state index contributed by atoms with van der Waals surface area (Å²) in [6.45, 7) is 5.83. The van der Waals surface area contributed by atoms with Crippen LogP contribution in [-0.4, -0.2) is 84.6 Å². The minimum Gasteiger partial charge on any atom is -0.506 e. The third-order valence-electron chi connectivity index (χ3n) is 6.29. The summed E-state index contributed by atoms with van der Waals surface area (Å²) in [4.78, 5) is 21.0. The SMILES string of the molecule is N#C[C@@H](c1ccc(F)cc1)N1CCN(C(=O)CN2CCN(c3ccccc3O)CC2)CC1. The van der Waals surface area contributed by atoms with Crippen LogP contribution in [0.3, 0.4) is 0 Å². The van der Waals surface area contributed by atoms with Crippen molar-refractivity contribution in [3.8, 4) is 11.8 Å². The molecule has 4 rings (SSSR count). The van der Waals surface area contributed by atoms with Gasteiger partial charge in [-0.1, -0.05) is 24.3 Å². The van der Waals surface area contributed by atoms with Gasteiger partial charge < -0.3 is 14.9 Å². The molecule has 2 aliphatic rings. The first kappa shape index (κ1) is 22.1. The van der Waals surface area contributed by atoms with Crippen molar-refractivity contribution >= 4 is 11.6 Å². The molecule has 2 saturated heterocycles. The molecule has 168 valence electrons. The minimum atomic E-state index is -0.435. The predicted octanol–water partition coefficient (Wildman–Crippen LogP) is 2.06. The highest BCUT2D eigenvalue weighted by molar-refractivity contribution is 5.78. The number of phenolic OH excluding ortho intramolecular Hbond substituents is 1. The van der Waals surface area contributed by atoms with Crippen LogP contribution in [0.15, 0.2) is 48.5 Å². The van der Waals surface area contributed by atoms with Gasteiger partial charge in [0.15, 0.2) is 0 Å². The van der Waals surface area contributed by atoms with Crippen molar-refractivity contribution in [3.63, 3.8) is 0 Å². The number of carbonyl (C=O) groups excluding carboxylic acids is 1. The molecule has 2 aromatic rings. The number of benzene rings is 2. The summed E-state index contributed by atoms with van der Waals surface area (Å²) in [7, 11) is 0. The topological polar surface area (TPSA) is 74.1 Å². The molecule has 1 amide bonds. The van der Waals surface area contributed by atoms with Gasteiger partial charge in [0.2, 0.25) is 5.91 Å². The molecule has 32 heavy (non-hydrogen) atoms. The minimum absolute atomic E-state index is 0.107. The molecule has 0 aliphatic carbocycles. The third-order valence-corrected chi connectivity index (χ3v) is 6.29. The Morgan fingerprint density at radius 3 is 2.25 bits per heavy atom. The van der Waals surface area contributed by atoms with E-state index in [9.17, 15) is 19.6 Å². The Balaban J connectivity index is 1.25. The molecule has 0 radical (unpaired) electrons. The number of piperazine rings is 2. The lowest BCUT2D eigenvalue weighted by molar-refractivity contribution is -0.134. The maximum Gasteiger partial charge on any atom is 0.236 e.